The highest BCUT2D eigenvalue weighted by molar-refractivity contribution is 6.08. The number of allylic oxidation sites excluding steroid dienone is 3. The number of ether oxygens (including phenoxy) is 1. The Balaban J connectivity index is 1.64. The van der Waals surface area contributed by atoms with Crippen molar-refractivity contribution in [1.29, 1.82) is 10.5 Å². The average molecular weight is 422 g/mol. The van der Waals surface area contributed by atoms with E-state index in [4.69, 9.17) is 10.5 Å². The van der Waals surface area contributed by atoms with Gasteiger partial charge < -0.3 is 10.5 Å². The highest BCUT2D eigenvalue weighted by Gasteiger charge is 2.29. The minimum Gasteiger partial charge on any atom is -0.489 e. The fourth-order valence-electron chi connectivity index (χ4n) is 3.77. The summed E-state index contributed by atoms with van der Waals surface area (Å²) in [5.41, 5.74) is 12.2. The number of hydrogen-bond donors (Lipinski definition) is 1. The lowest BCUT2D eigenvalue weighted by Gasteiger charge is -2.11. The summed E-state index contributed by atoms with van der Waals surface area (Å²) < 4.78 is 18.8. The Morgan fingerprint density at radius 2 is 1.72 bits per heavy atom. The van der Waals surface area contributed by atoms with Crippen LogP contribution in [0.25, 0.3) is 17.2 Å². The molecule has 0 saturated heterocycles. The molecule has 2 aromatic carbocycles. The van der Waals surface area contributed by atoms with Crippen molar-refractivity contribution in [2.45, 2.75) is 20.5 Å². The number of nitriles is 2. The molecule has 1 aliphatic carbocycles. The summed E-state index contributed by atoms with van der Waals surface area (Å²) in [4.78, 5) is 4.34. The van der Waals surface area contributed by atoms with E-state index in [1.165, 1.54) is 12.1 Å². The number of nitrogens with zero attached hydrogens (tertiary/aromatic N) is 3. The van der Waals surface area contributed by atoms with E-state index < -0.39 is 0 Å². The predicted octanol–water partition coefficient (Wildman–Crippen LogP) is 5.41. The number of benzene rings is 2. The Kier molecular flexibility index (Phi) is 5.45. The van der Waals surface area contributed by atoms with E-state index >= 15 is 0 Å². The van der Waals surface area contributed by atoms with E-state index in [1.54, 1.807) is 12.1 Å². The summed E-state index contributed by atoms with van der Waals surface area (Å²) in [6, 6.07) is 18.0. The van der Waals surface area contributed by atoms with Crippen LogP contribution in [0.3, 0.4) is 0 Å². The Hall–Kier alpha value is -4.42. The summed E-state index contributed by atoms with van der Waals surface area (Å²) >= 11 is 0. The maximum atomic E-state index is 13.0. The lowest BCUT2D eigenvalue weighted by atomic mass is 9.95. The van der Waals surface area contributed by atoms with Gasteiger partial charge in [0.1, 0.15) is 36.1 Å². The molecule has 0 saturated carbocycles. The summed E-state index contributed by atoms with van der Waals surface area (Å²) in [5, 5.41) is 19.1. The molecule has 0 bridgehead atoms. The third-order valence-electron chi connectivity index (χ3n) is 5.49. The Labute approximate surface area is 185 Å². The Morgan fingerprint density at radius 1 is 1.03 bits per heavy atom. The lowest BCUT2D eigenvalue weighted by molar-refractivity contribution is 0.306. The van der Waals surface area contributed by atoms with Gasteiger partial charge in [0.05, 0.1) is 16.8 Å². The molecule has 4 rings (SSSR count). The van der Waals surface area contributed by atoms with Crippen molar-refractivity contribution in [3.05, 3.63) is 93.4 Å². The zero-order chi connectivity index (χ0) is 22.8. The van der Waals surface area contributed by atoms with Crippen LogP contribution in [-0.2, 0) is 6.61 Å². The maximum absolute atomic E-state index is 13.0. The van der Waals surface area contributed by atoms with E-state index in [0.29, 0.717) is 34.8 Å². The molecule has 0 fully saturated rings. The Bertz CT molecular complexity index is 1360. The lowest BCUT2D eigenvalue weighted by Crippen LogP contribution is -2.03. The van der Waals surface area contributed by atoms with Crippen molar-refractivity contribution >= 4 is 23.0 Å². The van der Waals surface area contributed by atoms with Gasteiger partial charge in [0.25, 0.3) is 0 Å². The van der Waals surface area contributed by atoms with Gasteiger partial charge in [-0.25, -0.2) is 9.37 Å². The summed E-state index contributed by atoms with van der Waals surface area (Å²) in [6.45, 7) is 4.03. The predicted molar refractivity (Wildman–Crippen MR) is 121 cm³/mol. The number of nitrogens with two attached hydrogens (primary N) is 1. The largest absolute Gasteiger partial charge is 0.489 e. The van der Waals surface area contributed by atoms with Crippen molar-refractivity contribution < 1.29 is 9.13 Å². The van der Waals surface area contributed by atoms with Crippen LogP contribution in [0.15, 0.2) is 54.1 Å². The van der Waals surface area contributed by atoms with Gasteiger partial charge in [0, 0.05) is 5.56 Å². The van der Waals surface area contributed by atoms with Crippen LogP contribution < -0.4 is 10.5 Å². The first-order chi connectivity index (χ1) is 15.4. The first kappa shape index (κ1) is 20.8. The van der Waals surface area contributed by atoms with Crippen molar-refractivity contribution in [3.8, 4) is 17.9 Å². The first-order valence-electron chi connectivity index (χ1n) is 9.94. The molecule has 0 amide bonds. The van der Waals surface area contributed by atoms with Gasteiger partial charge in [0.15, 0.2) is 0 Å². The second-order valence-corrected chi connectivity index (χ2v) is 7.49. The highest BCUT2D eigenvalue weighted by Crippen LogP contribution is 2.44. The van der Waals surface area contributed by atoms with E-state index in [0.717, 1.165) is 27.8 Å². The number of anilines is 1. The van der Waals surface area contributed by atoms with Crippen molar-refractivity contribution in [3.63, 3.8) is 0 Å². The minimum atomic E-state index is -0.279. The van der Waals surface area contributed by atoms with Crippen molar-refractivity contribution in [1.82, 2.24) is 4.98 Å². The van der Waals surface area contributed by atoms with Gasteiger partial charge >= 0.3 is 0 Å². The van der Waals surface area contributed by atoms with E-state index in [1.807, 2.05) is 44.2 Å². The molecule has 5 nitrogen and oxygen atoms in total. The highest BCUT2D eigenvalue weighted by atomic mass is 19.1. The summed E-state index contributed by atoms with van der Waals surface area (Å²) in [7, 11) is 0. The number of rotatable bonds is 4. The molecule has 1 aliphatic rings. The van der Waals surface area contributed by atoms with Gasteiger partial charge in [-0.05, 0) is 72.0 Å². The molecule has 0 atom stereocenters. The Morgan fingerprint density at radius 3 is 2.34 bits per heavy atom. The summed E-state index contributed by atoms with van der Waals surface area (Å²) in [6.07, 6.45) is 1.97. The molecule has 156 valence electrons. The topological polar surface area (TPSA) is 95.7 Å². The molecular weight excluding hydrogens is 403 g/mol. The summed E-state index contributed by atoms with van der Waals surface area (Å²) in [5.74, 6) is 0.539. The van der Waals surface area contributed by atoms with E-state index in [9.17, 15) is 14.9 Å². The molecule has 2 N–H and O–H groups in total. The van der Waals surface area contributed by atoms with Crippen LogP contribution >= 0.6 is 0 Å². The van der Waals surface area contributed by atoms with E-state index in [-0.39, 0.29) is 11.6 Å². The zero-order valence-corrected chi connectivity index (χ0v) is 17.6. The van der Waals surface area contributed by atoms with Crippen LogP contribution in [0.5, 0.6) is 5.75 Å². The van der Waals surface area contributed by atoms with Crippen LogP contribution in [0.2, 0.25) is 0 Å². The quantitative estimate of drug-likeness (QED) is 0.606. The van der Waals surface area contributed by atoms with Gasteiger partial charge in [-0.15, -0.1) is 0 Å². The number of fused-ring (bicyclic) bond motifs is 1. The van der Waals surface area contributed by atoms with Crippen molar-refractivity contribution in [2.24, 2.45) is 0 Å². The van der Waals surface area contributed by atoms with Crippen LogP contribution in [0.1, 0.15) is 40.4 Å². The molecular formula is C26H19FN4O. The molecule has 1 heterocycles. The number of nitrogen functional groups attached to an aromatic ring is 1. The molecule has 1 aromatic heterocycles. The normalized spacial score (nSPS) is 13.6. The van der Waals surface area contributed by atoms with Crippen LogP contribution in [-0.4, -0.2) is 4.98 Å². The number of halogens is 1. The number of pyridine rings is 1. The second-order valence-electron chi connectivity index (χ2n) is 7.49. The first-order valence-corrected chi connectivity index (χ1v) is 9.94. The third-order valence-corrected chi connectivity index (χ3v) is 5.49. The fourth-order valence-corrected chi connectivity index (χ4v) is 3.77. The van der Waals surface area contributed by atoms with Crippen LogP contribution in [0, 0.1) is 35.4 Å². The average Bonchev–Trinajstić information content (AvgIpc) is 3.05. The monoisotopic (exact) mass is 422 g/mol. The zero-order valence-electron chi connectivity index (χ0n) is 17.6. The fraction of sp³-hybridized carbons (Fsp3) is 0.115. The van der Waals surface area contributed by atoms with Gasteiger partial charge in [-0.2, -0.15) is 10.5 Å². The van der Waals surface area contributed by atoms with Gasteiger partial charge in [-0.1, -0.05) is 24.3 Å². The maximum Gasteiger partial charge on any atom is 0.142 e. The third kappa shape index (κ3) is 3.71. The number of hydrogen-bond acceptors (Lipinski definition) is 5. The molecule has 3 aromatic rings. The van der Waals surface area contributed by atoms with Crippen LogP contribution in [0.4, 0.5) is 10.2 Å². The number of aromatic nitrogens is 1. The smallest absolute Gasteiger partial charge is 0.142 e. The standard InChI is InChI=1S/C26H19FN4O/c1-15-21(24-16(2)23(13-29)26(30)31-25(24)22(15)12-28)11-17-5-9-20(10-6-17)32-14-18-3-7-19(27)8-4-18/h3-11H,14H2,1-2H3,(H2,30,31)/b21-11+. The molecule has 0 unspecified atom stereocenters. The molecule has 32 heavy (non-hydrogen) atoms. The SMILES string of the molecule is CC1=C(C#N)c2nc(N)c(C#N)c(C)c2/C1=C/c1ccc(OCc2ccc(F)cc2)cc1. The minimum absolute atomic E-state index is 0.133. The molecule has 0 spiro atoms. The van der Waals surface area contributed by atoms with Gasteiger partial charge in [0.2, 0.25) is 0 Å². The molecule has 6 heteroatoms. The van der Waals surface area contributed by atoms with Gasteiger partial charge in [-0.3, -0.25) is 0 Å². The molecule has 0 aliphatic heterocycles. The van der Waals surface area contributed by atoms with E-state index in [2.05, 4.69) is 17.1 Å². The van der Waals surface area contributed by atoms with Crippen molar-refractivity contribution in [2.75, 3.05) is 5.73 Å². The second kappa shape index (κ2) is 8.37. The molecule has 0 radical (unpaired) electrons.